The maximum absolute atomic E-state index is 11.5. The lowest BCUT2D eigenvalue weighted by Crippen LogP contribution is -2.46. The second-order valence-electron chi connectivity index (χ2n) is 6.49. The minimum absolute atomic E-state index is 0.0862. The Morgan fingerprint density at radius 1 is 1.50 bits per heavy atom. The van der Waals surface area contributed by atoms with Crippen molar-refractivity contribution in [1.82, 2.24) is 0 Å². The van der Waals surface area contributed by atoms with Gasteiger partial charge < -0.3 is 9.15 Å². The monoisotopic (exact) mass is 274 g/mol. The van der Waals surface area contributed by atoms with Crippen LogP contribution in [0.1, 0.15) is 51.4 Å². The molecule has 0 amide bonds. The van der Waals surface area contributed by atoms with E-state index in [1.54, 1.807) is 6.26 Å². The molecule has 20 heavy (non-hydrogen) atoms. The molecule has 1 aromatic rings. The van der Waals surface area contributed by atoms with E-state index in [-0.39, 0.29) is 17.5 Å². The summed E-state index contributed by atoms with van der Waals surface area (Å²) in [6, 6.07) is 2.02. The second kappa shape index (κ2) is 4.51. The van der Waals surface area contributed by atoms with Crippen molar-refractivity contribution < 1.29 is 13.9 Å². The maximum Gasteiger partial charge on any atom is 0.302 e. The molecule has 0 saturated heterocycles. The highest BCUT2D eigenvalue weighted by atomic mass is 16.5. The Morgan fingerprint density at radius 2 is 2.25 bits per heavy atom. The summed E-state index contributed by atoms with van der Waals surface area (Å²) in [5, 5.41) is 0. The first-order chi connectivity index (χ1) is 9.42. The lowest BCUT2D eigenvalue weighted by atomic mass is 9.59. The molecule has 0 saturated carbocycles. The molecule has 3 nitrogen and oxygen atoms in total. The molecule has 0 fully saturated rings. The fraction of sp³-hybridized carbons (Fsp3) is 0.588. The van der Waals surface area contributed by atoms with Crippen LogP contribution >= 0.6 is 0 Å². The third kappa shape index (κ3) is 1.83. The normalized spacial score (nSPS) is 35.8. The molecule has 0 aliphatic heterocycles. The Hall–Kier alpha value is -1.51. The van der Waals surface area contributed by atoms with Crippen molar-refractivity contribution in [2.75, 3.05) is 0 Å². The Labute approximate surface area is 120 Å². The first-order valence-electron chi connectivity index (χ1n) is 7.35. The van der Waals surface area contributed by atoms with Crippen molar-refractivity contribution >= 4 is 5.97 Å². The van der Waals surface area contributed by atoms with Crippen LogP contribution in [-0.4, -0.2) is 12.1 Å². The topological polar surface area (TPSA) is 39.4 Å². The summed E-state index contributed by atoms with van der Waals surface area (Å²) in [7, 11) is 0. The molecule has 4 atom stereocenters. The van der Waals surface area contributed by atoms with Gasteiger partial charge in [0.25, 0.3) is 0 Å². The largest absolute Gasteiger partial charge is 0.468 e. The highest BCUT2D eigenvalue weighted by Crippen LogP contribution is 2.52. The third-order valence-electron chi connectivity index (χ3n) is 5.43. The van der Waals surface area contributed by atoms with Gasteiger partial charge in [-0.05, 0) is 30.9 Å². The standard InChI is InChI=1S/C17H22O3/c1-10-7-14-8-11(2)17(10,4)15(20-12(3)18)9-13-5-6-19-16(13)14/h5-7,11,14-15H,8-9H2,1-4H3. The van der Waals surface area contributed by atoms with E-state index < -0.39 is 0 Å². The number of hydrogen-bond acceptors (Lipinski definition) is 3. The van der Waals surface area contributed by atoms with Crippen LogP contribution in [0.3, 0.4) is 0 Å². The number of hydrogen-bond donors (Lipinski definition) is 0. The average molecular weight is 274 g/mol. The van der Waals surface area contributed by atoms with E-state index in [9.17, 15) is 4.79 Å². The summed E-state index contributed by atoms with van der Waals surface area (Å²) in [6.07, 6.45) is 5.73. The Bertz CT molecular complexity index is 569. The van der Waals surface area contributed by atoms with Crippen molar-refractivity contribution in [3.8, 4) is 0 Å². The number of allylic oxidation sites excluding steroid dienone is 1. The molecule has 3 aliphatic carbocycles. The van der Waals surface area contributed by atoms with E-state index >= 15 is 0 Å². The highest BCUT2D eigenvalue weighted by Gasteiger charge is 2.48. The van der Waals surface area contributed by atoms with Crippen LogP contribution in [0.5, 0.6) is 0 Å². The zero-order valence-electron chi connectivity index (χ0n) is 12.6. The van der Waals surface area contributed by atoms with Crippen LogP contribution in [0.2, 0.25) is 0 Å². The molecule has 3 heteroatoms. The molecule has 0 radical (unpaired) electrons. The van der Waals surface area contributed by atoms with Crippen LogP contribution < -0.4 is 0 Å². The summed E-state index contributed by atoms with van der Waals surface area (Å²) in [5.74, 6) is 1.67. The SMILES string of the molecule is CC(=O)OC1Cc2ccoc2C2C=C(C)C1(C)C(C)C2. The van der Waals surface area contributed by atoms with E-state index in [0.29, 0.717) is 11.8 Å². The first-order valence-corrected chi connectivity index (χ1v) is 7.35. The second-order valence-corrected chi connectivity index (χ2v) is 6.49. The molecule has 4 unspecified atom stereocenters. The van der Waals surface area contributed by atoms with Gasteiger partial charge in [-0.2, -0.15) is 0 Å². The number of furan rings is 1. The van der Waals surface area contributed by atoms with E-state index in [1.807, 2.05) is 6.07 Å². The minimum atomic E-state index is -0.205. The predicted octanol–water partition coefficient (Wildman–Crippen LogP) is 3.84. The fourth-order valence-corrected chi connectivity index (χ4v) is 3.94. The van der Waals surface area contributed by atoms with Crippen molar-refractivity contribution in [3.63, 3.8) is 0 Å². The van der Waals surface area contributed by atoms with Crippen LogP contribution in [-0.2, 0) is 16.0 Å². The van der Waals surface area contributed by atoms with Gasteiger partial charge in [0.1, 0.15) is 11.9 Å². The van der Waals surface area contributed by atoms with Gasteiger partial charge in [-0.3, -0.25) is 4.79 Å². The van der Waals surface area contributed by atoms with Gasteiger partial charge >= 0.3 is 5.97 Å². The number of rotatable bonds is 1. The van der Waals surface area contributed by atoms with Gasteiger partial charge in [-0.25, -0.2) is 0 Å². The molecule has 0 aromatic carbocycles. The summed E-state index contributed by atoms with van der Waals surface area (Å²) >= 11 is 0. The summed E-state index contributed by atoms with van der Waals surface area (Å²) < 4.78 is 11.4. The van der Waals surface area contributed by atoms with Crippen molar-refractivity contribution in [3.05, 3.63) is 35.3 Å². The van der Waals surface area contributed by atoms with Crippen molar-refractivity contribution in [1.29, 1.82) is 0 Å². The molecule has 2 bridgehead atoms. The summed E-state index contributed by atoms with van der Waals surface area (Å²) in [5.41, 5.74) is 2.41. The lowest BCUT2D eigenvalue weighted by Gasteiger charge is -2.48. The molecule has 0 N–H and O–H groups in total. The molecule has 0 spiro atoms. The van der Waals surface area contributed by atoms with E-state index in [0.717, 1.165) is 18.6 Å². The Kier molecular flexibility index (Phi) is 3.03. The van der Waals surface area contributed by atoms with Crippen molar-refractivity contribution in [2.45, 2.75) is 52.6 Å². The molecular weight excluding hydrogens is 252 g/mol. The number of fused-ring (bicyclic) bond motifs is 2. The zero-order valence-corrected chi connectivity index (χ0v) is 12.6. The molecule has 108 valence electrons. The van der Waals surface area contributed by atoms with Gasteiger partial charge in [-0.1, -0.05) is 25.5 Å². The summed E-state index contributed by atoms with van der Waals surface area (Å²) in [4.78, 5) is 11.5. The van der Waals surface area contributed by atoms with Gasteiger partial charge in [0.15, 0.2) is 0 Å². The number of esters is 1. The smallest absolute Gasteiger partial charge is 0.302 e. The Balaban J connectivity index is 2.13. The van der Waals surface area contributed by atoms with Gasteiger partial charge in [0, 0.05) is 24.7 Å². The molecule has 1 heterocycles. The number of carbonyl (C=O) groups excluding carboxylic acids is 1. The third-order valence-corrected chi connectivity index (χ3v) is 5.43. The molecular formula is C17H22O3. The average Bonchev–Trinajstić information content (AvgIpc) is 2.80. The Morgan fingerprint density at radius 3 is 2.90 bits per heavy atom. The lowest BCUT2D eigenvalue weighted by molar-refractivity contribution is -0.154. The van der Waals surface area contributed by atoms with Gasteiger partial charge in [0.2, 0.25) is 0 Å². The zero-order chi connectivity index (χ0) is 14.5. The van der Waals surface area contributed by atoms with E-state index in [1.165, 1.54) is 18.1 Å². The summed E-state index contributed by atoms with van der Waals surface area (Å²) in [6.45, 7) is 8.15. The molecule has 1 aromatic heterocycles. The maximum atomic E-state index is 11.5. The minimum Gasteiger partial charge on any atom is -0.468 e. The van der Waals surface area contributed by atoms with E-state index in [4.69, 9.17) is 9.15 Å². The van der Waals surface area contributed by atoms with Crippen LogP contribution in [0.25, 0.3) is 0 Å². The van der Waals surface area contributed by atoms with E-state index in [2.05, 4.69) is 26.8 Å². The fourth-order valence-electron chi connectivity index (χ4n) is 3.94. The van der Waals surface area contributed by atoms with Gasteiger partial charge in [0.05, 0.1) is 6.26 Å². The molecule has 3 aliphatic rings. The number of carbonyl (C=O) groups is 1. The van der Waals surface area contributed by atoms with Crippen LogP contribution in [0.4, 0.5) is 0 Å². The highest BCUT2D eigenvalue weighted by molar-refractivity contribution is 5.66. The quantitative estimate of drug-likeness (QED) is 0.577. The van der Waals surface area contributed by atoms with Gasteiger partial charge in [-0.15, -0.1) is 0 Å². The van der Waals surface area contributed by atoms with Crippen LogP contribution in [0, 0.1) is 11.3 Å². The number of ether oxygens (including phenoxy) is 1. The van der Waals surface area contributed by atoms with Crippen LogP contribution in [0.15, 0.2) is 28.4 Å². The molecule has 4 rings (SSSR count). The predicted molar refractivity (Wildman–Crippen MR) is 76.4 cm³/mol. The first kappa shape index (κ1) is 13.5. The van der Waals surface area contributed by atoms with Crippen molar-refractivity contribution in [2.24, 2.45) is 11.3 Å².